The first-order valence-electron chi connectivity index (χ1n) is 8.03. The zero-order chi connectivity index (χ0) is 18.4. The van der Waals surface area contributed by atoms with Crippen LogP contribution in [0.1, 0.15) is 29.8 Å². The highest BCUT2D eigenvalue weighted by Gasteiger charge is 2.14. The second-order valence-electron chi connectivity index (χ2n) is 5.67. The van der Waals surface area contributed by atoms with Crippen molar-refractivity contribution in [1.29, 1.82) is 0 Å². The Hall–Kier alpha value is -3.00. The predicted molar refractivity (Wildman–Crippen MR) is 98.6 cm³/mol. The van der Waals surface area contributed by atoms with Crippen LogP contribution in [0.2, 0.25) is 0 Å². The van der Waals surface area contributed by atoms with Gasteiger partial charge < -0.3 is 9.47 Å². The van der Waals surface area contributed by atoms with Crippen molar-refractivity contribution in [2.24, 2.45) is 0 Å². The van der Waals surface area contributed by atoms with Crippen LogP contribution >= 0.6 is 11.3 Å². The van der Waals surface area contributed by atoms with Gasteiger partial charge in [-0.2, -0.15) is 4.98 Å². The maximum Gasteiger partial charge on any atom is 0.257 e. The van der Waals surface area contributed by atoms with Gasteiger partial charge in [-0.15, -0.1) is 10.2 Å². The molecule has 3 aromatic rings. The molecule has 3 rings (SSSR count). The Morgan fingerprint density at radius 1 is 1.19 bits per heavy atom. The summed E-state index contributed by atoms with van der Waals surface area (Å²) in [6, 6.07) is 12.9. The Kier molecular flexibility index (Phi) is 5.75. The van der Waals surface area contributed by atoms with Crippen LogP contribution in [0.15, 0.2) is 48.0 Å². The monoisotopic (exact) mass is 370 g/mol. The van der Waals surface area contributed by atoms with Crippen LogP contribution in [-0.4, -0.2) is 27.2 Å². The maximum absolute atomic E-state index is 12.5. The molecule has 0 spiro atoms. The third-order valence-electron chi connectivity index (χ3n) is 3.21. The van der Waals surface area contributed by atoms with E-state index >= 15 is 0 Å². The first-order chi connectivity index (χ1) is 12.6. The Labute approximate surface area is 155 Å². The van der Waals surface area contributed by atoms with Crippen molar-refractivity contribution in [2.75, 3.05) is 5.32 Å². The van der Waals surface area contributed by atoms with Gasteiger partial charge in [0.2, 0.25) is 16.9 Å². The van der Waals surface area contributed by atoms with Crippen LogP contribution in [0.5, 0.6) is 11.8 Å². The summed E-state index contributed by atoms with van der Waals surface area (Å²) in [6.45, 7) is 4.12. The Morgan fingerprint density at radius 3 is 2.65 bits per heavy atom. The van der Waals surface area contributed by atoms with Crippen LogP contribution in [0.3, 0.4) is 0 Å². The number of pyridine rings is 1. The van der Waals surface area contributed by atoms with E-state index in [1.165, 1.54) is 11.3 Å². The number of nitrogens with zero attached hydrogens (tertiary/aromatic N) is 3. The number of aromatic nitrogens is 3. The summed E-state index contributed by atoms with van der Waals surface area (Å²) in [6.07, 6.45) is -0.0778. The molecule has 0 bridgehead atoms. The lowest BCUT2D eigenvalue weighted by Gasteiger charge is -2.13. The van der Waals surface area contributed by atoms with E-state index < -0.39 is 0 Å². The SMILES string of the molecule is CC(C)Oc1cc(C(=O)Nc2nncs2)cc(OCc2ccccc2)n1. The number of anilines is 1. The lowest BCUT2D eigenvalue weighted by Crippen LogP contribution is -2.14. The first kappa shape index (κ1) is 17.8. The molecular weight excluding hydrogens is 352 g/mol. The first-order valence-corrected chi connectivity index (χ1v) is 8.91. The molecular formula is C18H18N4O3S. The minimum absolute atomic E-state index is 0.0778. The topological polar surface area (TPSA) is 86.2 Å². The molecule has 2 heterocycles. The van der Waals surface area contributed by atoms with E-state index in [1.807, 2.05) is 44.2 Å². The van der Waals surface area contributed by atoms with Gasteiger partial charge in [0.1, 0.15) is 12.1 Å². The summed E-state index contributed by atoms with van der Waals surface area (Å²) in [5.41, 5.74) is 2.92. The number of carbonyl (C=O) groups excluding carboxylic acids is 1. The lowest BCUT2D eigenvalue weighted by atomic mass is 10.2. The van der Waals surface area contributed by atoms with Crippen molar-refractivity contribution < 1.29 is 14.3 Å². The van der Waals surface area contributed by atoms with Gasteiger partial charge in [0.05, 0.1) is 11.7 Å². The molecule has 7 nitrogen and oxygen atoms in total. The van der Waals surface area contributed by atoms with Gasteiger partial charge in [-0.1, -0.05) is 41.7 Å². The number of ether oxygens (including phenoxy) is 2. The number of carbonyl (C=O) groups is 1. The zero-order valence-electron chi connectivity index (χ0n) is 14.4. The van der Waals surface area contributed by atoms with Crippen molar-refractivity contribution in [3.63, 3.8) is 0 Å². The predicted octanol–water partition coefficient (Wildman–Crippen LogP) is 3.55. The van der Waals surface area contributed by atoms with Gasteiger partial charge in [0.25, 0.3) is 5.91 Å². The molecule has 1 N–H and O–H groups in total. The second kappa shape index (κ2) is 8.39. The molecule has 0 saturated carbocycles. The highest BCUT2D eigenvalue weighted by molar-refractivity contribution is 7.13. The van der Waals surface area contributed by atoms with Gasteiger partial charge >= 0.3 is 0 Å². The minimum Gasteiger partial charge on any atom is -0.475 e. The van der Waals surface area contributed by atoms with E-state index in [0.717, 1.165) is 5.56 Å². The maximum atomic E-state index is 12.5. The molecule has 1 amide bonds. The van der Waals surface area contributed by atoms with Crippen LogP contribution in [0, 0.1) is 0 Å². The number of rotatable bonds is 7. The Bertz CT molecular complexity index is 854. The average molecular weight is 370 g/mol. The summed E-state index contributed by atoms with van der Waals surface area (Å²) >= 11 is 1.24. The number of hydrogen-bond acceptors (Lipinski definition) is 7. The molecule has 0 aliphatic heterocycles. The van der Waals surface area contributed by atoms with Gasteiger partial charge in [-0.25, -0.2) is 0 Å². The quantitative estimate of drug-likeness (QED) is 0.684. The molecule has 0 saturated heterocycles. The van der Waals surface area contributed by atoms with E-state index in [1.54, 1.807) is 17.6 Å². The third-order valence-corrected chi connectivity index (χ3v) is 3.81. The number of hydrogen-bond donors (Lipinski definition) is 1. The van der Waals surface area contributed by atoms with Crippen molar-refractivity contribution in [3.05, 3.63) is 59.1 Å². The Morgan fingerprint density at radius 2 is 1.96 bits per heavy atom. The summed E-state index contributed by atoms with van der Waals surface area (Å²) in [5, 5.41) is 10.6. The summed E-state index contributed by atoms with van der Waals surface area (Å²) in [7, 11) is 0. The van der Waals surface area contributed by atoms with E-state index in [4.69, 9.17) is 9.47 Å². The van der Waals surface area contributed by atoms with E-state index in [0.29, 0.717) is 29.1 Å². The number of amides is 1. The van der Waals surface area contributed by atoms with Crippen molar-refractivity contribution >= 4 is 22.4 Å². The van der Waals surface area contributed by atoms with Crippen molar-refractivity contribution in [1.82, 2.24) is 15.2 Å². The molecule has 0 atom stereocenters. The van der Waals surface area contributed by atoms with Crippen molar-refractivity contribution in [3.8, 4) is 11.8 Å². The molecule has 134 valence electrons. The van der Waals surface area contributed by atoms with Crippen LogP contribution in [0.4, 0.5) is 5.13 Å². The van der Waals surface area contributed by atoms with Crippen LogP contribution in [-0.2, 0) is 6.61 Å². The molecule has 26 heavy (non-hydrogen) atoms. The molecule has 2 aromatic heterocycles. The van der Waals surface area contributed by atoms with Gasteiger partial charge in [0.15, 0.2) is 0 Å². The van der Waals surface area contributed by atoms with Crippen LogP contribution in [0.25, 0.3) is 0 Å². The van der Waals surface area contributed by atoms with E-state index in [-0.39, 0.29) is 12.0 Å². The normalized spacial score (nSPS) is 10.6. The summed E-state index contributed by atoms with van der Waals surface area (Å²) < 4.78 is 11.4. The molecule has 8 heteroatoms. The zero-order valence-corrected chi connectivity index (χ0v) is 15.2. The number of nitrogens with one attached hydrogen (secondary N) is 1. The molecule has 0 aliphatic carbocycles. The third kappa shape index (κ3) is 5.00. The molecule has 0 radical (unpaired) electrons. The van der Waals surface area contributed by atoms with Crippen molar-refractivity contribution in [2.45, 2.75) is 26.6 Å². The molecule has 0 aliphatic rings. The summed E-state index contributed by atoms with van der Waals surface area (Å²) in [5.74, 6) is 0.310. The average Bonchev–Trinajstić information content (AvgIpc) is 3.13. The van der Waals surface area contributed by atoms with E-state index in [2.05, 4.69) is 20.5 Å². The fourth-order valence-corrected chi connectivity index (χ4v) is 2.56. The Balaban J connectivity index is 1.79. The highest BCUT2D eigenvalue weighted by Crippen LogP contribution is 2.21. The molecule has 0 unspecified atom stereocenters. The van der Waals surface area contributed by atoms with Gasteiger partial charge in [-0.05, 0) is 19.4 Å². The fourth-order valence-electron chi connectivity index (χ4n) is 2.12. The van der Waals surface area contributed by atoms with Crippen LogP contribution < -0.4 is 14.8 Å². The van der Waals surface area contributed by atoms with Gasteiger partial charge in [-0.3, -0.25) is 10.1 Å². The smallest absolute Gasteiger partial charge is 0.257 e. The van der Waals surface area contributed by atoms with E-state index in [9.17, 15) is 4.79 Å². The standard InChI is InChI=1S/C18H18N4O3S/c1-12(2)25-16-9-14(17(23)21-18-22-19-11-26-18)8-15(20-16)24-10-13-6-4-3-5-7-13/h3-9,11-12H,10H2,1-2H3,(H,21,22,23). The summed E-state index contributed by atoms with van der Waals surface area (Å²) in [4.78, 5) is 16.8. The largest absolute Gasteiger partial charge is 0.475 e. The molecule has 1 aromatic carbocycles. The van der Waals surface area contributed by atoms with Gasteiger partial charge in [0, 0.05) is 12.1 Å². The molecule has 0 fully saturated rings. The second-order valence-corrected chi connectivity index (χ2v) is 6.50. The fraction of sp³-hybridized carbons (Fsp3) is 0.222. The highest BCUT2D eigenvalue weighted by atomic mass is 32.1. The minimum atomic E-state index is -0.331. The lowest BCUT2D eigenvalue weighted by molar-refractivity contribution is 0.102. The number of benzene rings is 1.